The predicted octanol–water partition coefficient (Wildman–Crippen LogP) is 4.56. The fraction of sp³-hybridized carbons (Fsp3) is 0.259. The smallest absolute Gasteiger partial charge is 0.264 e. The molecule has 2 aromatic heterocycles. The Balaban J connectivity index is 1.66. The number of amides is 1. The molecule has 0 spiro atoms. The summed E-state index contributed by atoms with van der Waals surface area (Å²) in [7, 11) is -2.01. The summed E-state index contributed by atoms with van der Waals surface area (Å²) in [6.45, 7) is 5.56. The molecule has 5 aromatic rings. The molecule has 3 aromatic carbocycles. The number of benzene rings is 3. The van der Waals surface area contributed by atoms with Crippen molar-refractivity contribution >= 4 is 48.8 Å². The van der Waals surface area contributed by atoms with E-state index in [2.05, 4.69) is 57.2 Å². The third-order valence-corrected chi connectivity index (χ3v) is 7.76. The topological polar surface area (TPSA) is 95.2 Å². The maximum Gasteiger partial charge on any atom is 0.264 e. The zero-order valence-corrected chi connectivity index (χ0v) is 21.3. The lowest BCUT2D eigenvalue weighted by molar-refractivity contribution is 0.0981. The third kappa shape index (κ3) is 4.14. The molecule has 2 heterocycles. The zero-order chi connectivity index (χ0) is 25.4. The van der Waals surface area contributed by atoms with Gasteiger partial charge < -0.3 is 13.9 Å². The first-order valence-corrected chi connectivity index (χ1v) is 13.6. The quantitative estimate of drug-likeness (QED) is 0.334. The molecule has 1 N–H and O–H groups in total. The number of hydrogen-bond acceptors (Lipinski definition) is 5. The van der Waals surface area contributed by atoms with Gasteiger partial charge in [0.1, 0.15) is 5.82 Å². The van der Waals surface area contributed by atoms with Gasteiger partial charge in [0, 0.05) is 53.1 Å². The fourth-order valence-electron chi connectivity index (χ4n) is 4.71. The highest BCUT2D eigenvalue weighted by Gasteiger charge is 2.19. The molecule has 0 aliphatic rings. The van der Waals surface area contributed by atoms with Crippen molar-refractivity contribution in [2.24, 2.45) is 0 Å². The van der Waals surface area contributed by atoms with Gasteiger partial charge in [0.05, 0.1) is 23.4 Å². The van der Waals surface area contributed by atoms with Gasteiger partial charge in [-0.25, -0.2) is 18.1 Å². The van der Waals surface area contributed by atoms with Crippen LogP contribution in [0.25, 0.3) is 44.2 Å². The Bertz CT molecular complexity index is 1720. The lowest BCUT2D eigenvalue weighted by Crippen LogP contribution is -2.31. The van der Waals surface area contributed by atoms with Crippen LogP contribution in [0.5, 0.6) is 0 Å². The molecule has 0 saturated heterocycles. The number of aromatic nitrogens is 3. The summed E-state index contributed by atoms with van der Waals surface area (Å²) in [4.78, 5) is 17.4. The predicted molar refractivity (Wildman–Crippen MR) is 143 cm³/mol. The van der Waals surface area contributed by atoms with Crippen LogP contribution in [0.15, 0.2) is 60.7 Å². The molecule has 0 atom stereocenters. The summed E-state index contributed by atoms with van der Waals surface area (Å²) in [5.74, 6) is -0.0789. The van der Waals surface area contributed by atoms with E-state index in [0.717, 1.165) is 34.4 Å². The summed E-state index contributed by atoms with van der Waals surface area (Å²) in [5.41, 5.74) is 5.00. The van der Waals surface area contributed by atoms with E-state index in [1.807, 2.05) is 6.07 Å². The molecule has 36 heavy (non-hydrogen) atoms. The maximum absolute atomic E-state index is 12.6. The third-order valence-electron chi connectivity index (χ3n) is 6.50. The van der Waals surface area contributed by atoms with Crippen molar-refractivity contribution in [1.82, 2.24) is 18.8 Å². The number of nitrogens with one attached hydrogen (secondary N) is 1. The minimum Gasteiger partial charge on any atom is -0.383 e. The molecule has 0 saturated carbocycles. The molecule has 0 fully saturated rings. The molecule has 186 valence electrons. The second kappa shape index (κ2) is 9.40. The number of hydrogen-bond donors (Lipinski definition) is 1. The number of aryl methyl sites for hydroxylation is 1. The van der Waals surface area contributed by atoms with Crippen molar-refractivity contribution in [2.45, 2.75) is 26.9 Å². The van der Waals surface area contributed by atoms with Crippen LogP contribution in [0.3, 0.4) is 0 Å². The second-order valence-electron chi connectivity index (χ2n) is 8.61. The number of carbonyl (C=O) groups excluding carboxylic acids is 1. The standard InChI is InChI=1S/C27H28N4O4S/c1-4-30-23-9-7-6-8-20(23)21-16-18(10-12-24(21)30)26-28-22-17-19(27(32)29-36(33,34)5-2)11-13-25(22)31(26)14-15-35-3/h6-13,16-17H,4-5,14-15H2,1-3H3,(H,29,32). The van der Waals surface area contributed by atoms with Crippen LogP contribution in [0.2, 0.25) is 0 Å². The highest BCUT2D eigenvalue weighted by Crippen LogP contribution is 2.33. The van der Waals surface area contributed by atoms with Gasteiger partial charge in [-0.3, -0.25) is 4.79 Å². The number of methoxy groups -OCH3 is 1. The molecule has 0 aliphatic carbocycles. The molecule has 8 nitrogen and oxygen atoms in total. The van der Waals surface area contributed by atoms with Gasteiger partial charge in [0.2, 0.25) is 10.0 Å². The average Bonchev–Trinajstić information content (AvgIpc) is 3.41. The van der Waals surface area contributed by atoms with Crippen molar-refractivity contribution in [3.63, 3.8) is 0 Å². The van der Waals surface area contributed by atoms with Gasteiger partial charge in [0.15, 0.2) is 0 Å². The SMILES string of the molecule is CCn1c2ccccc2c2cc(-c3nc4cc(C(=O)NS(=O)(=O)CC)ccc4n3CCOC)ccc21. The van der Waals surface area contributed by atoms with Crippen molar-refractivity contribution in [1.29, 1.82) is 0 Å². The van der Waals surface area contributed by atoms with E-state index in [-0.39, 0.29) is 11.3 Å². The van der Waals surface area contributed by atoms with E-state index < -0.39 is 15.9 Å². The van der Waals surface area contributed by atoms with Gasteiger partial charge in [-0.15, -0.1) is 0 Å². The highest BCUT2D eigenvalue weighted by atomic mass is 32.2. The molecule has 1 amide bonds. The van der Waals surface area contributed by atoms with Crippen LogP contribution < -0.4 is 4.72 Å². The summed E-state index contributed by atoms with van der Waals surface area (Å²) >= 11 is 0. The Morgan fingerprint density at radius 3 is 2.44 bits per heavy atom. The van der Waals surface area contributed by atoms with Gasteiger partial charge in [-0.05, 0) is 56.3 Å². The van der Waals surface area contributed by atoms with Gasteiger partial charge in [0.25, 0.3) is 5.91 Å². The lowest BCUT2D eigenvalue weighted by Gasteiger charge is -2.10. The molecule has 0 bridgehead atoms. The van der Waals surface area contributed by atoms with E-state index in [1.165, 1.54) is 17.8 Å². The van der Waals surface area contributed by atoms with E-state index in [1.54, 1.807) is 25.3 Å². The Hall–Kier alpha value is -3.69. The Morgan fingerprint density at radius 2 is 1.69 bits per heavy atom. The summed E-state index contributed by atoms with van der Waals surface area (Å²) in [6, 6.07) is 19.8. The summed E-state index contributed by atoms with van der Waals surface area (Å²) in [6.07, 6.45) is 0. The molecule has 5 rings (SSSR count). The van der Waals surface area contributed by atoms with Gasteiger partial charge in [-0.1, -0.05) is 18.2 Å². The van der Waals surface area contributed by atoms with E-state index >= 15 is 0 Å². The first kappa shape index (κ1) is 24.0. The zero-order valence-electron chi connectivity index (χ0n) is 20.5. The van der Waals surface area contributed by atoms with E-state index in [9.17, 15) is 13.2 Å². The summed E-state index contributed by atoms with van der Waals surface area (Å²) < 4.78 is 35.5. The van der Waals surface area contributed by atoms with Crippen LogP contribution in [0, 0.1) is 0 Å². The van der Waals surface area contributed by atoms with Crippen LogP contribution >= 0.6 is 0 Å². The van der Waals surface area contributed by atoms with Crippen LogP contribution in [-0.4, -0.2) is 47.9 Å². The number of nitrogens with zero attached hydrogens (tertiary/aromatic N) is 3. The molecular formula is C27H28N4O4S. The Morgan fingerprint density at radius 1 is 0.944 bits per heavy atom. The first-order valence-electron chi connectivity index (χ1n) is 11.9. The Kier molecular flexibility index (Phi) is 6.27. The highest BCUT2D eigenvalue weighted by molar-refractivity contribution is 7.90. The number of fused-ring (bicyclic) bond motifs is 4. The number of sulfonamides is 1. The molecule has 9 heteroatoms. The average molecular weight is 505 g/mol. The minimum atomic E-state index is -3.66. The largest absolute Gasteiger partial charge is 0.383 e. The molecular weight excluding hydrogens is 476 g/mol. The molecule has 0 aliphatic heterocycles. The van der Waals surface area contributed by atoms with Crippen molar-refractivity contribution in [3.8, 4) is 11.4 Å². The number of imidazole rings is 1. The molecule has 0 radical (unpaired) electrons. The van der Waals surface area contributed by atoms with Crippen LogP contribution in [0.1, 0.15) is 24.2 Å². The van der Waals surface area contributed by atoms with Crippen LogP contribution in [-0.2, 0) is 27.8 Å². The van der Waals surface area contributed by atoms with Crippen molar-refractivity contribution in [2.75, 3.05) is 19.5 Å². The second-order valence-corrected chi connectivity index (χ2v) is 10.6. The normalized spacial score (nSPS) is 12.1. The van der Waals surface area contributed by atoms with E-state index in [0.29, 0.717) is 18.7 Å². The van der Waals surface area contributed by atoms with Crippen molar-refractivity contribution < 1.29 is 17.9 Å². The number of ether oxygens (including phenoxy) is 1. The van der Waals surface area contributed by atoms with Gasteiger partial charge in [-0.2, -0.15) is 0 Å². The molecule has 0 unspecified atom stereocenters. The Labute approximate surface area is 209 Å². The van der Waals surface area contributed by atoms with Gasteiger partial charge >= 0.3 is 0 Å². The number of carbonyl (C=O) groups is 1. The fourth-order valence-corrected chi connectivity index (χ4v) is 5.25. The first-order chi connectivity index (χ1) is 17.4. The van der Waals surface area contributed by atoms with E-state index in [4.69, 9.17) is 9.72 Å². The monoisotopic (exact) mass is 504 g/mol. The number of rotatable bonds is 8. The van der Waals surface area contributed by atoms with Crippen LogP contribution in [0.4, 0.5) is 0 Å². The van der Waals surface area contributed by atoms with Crippen molar-refractivity contribution in [3.05, 3.63) is 66.2 Å². The minimum absolute atomic E-state index is 0.173. The lowest BCUT2D eigenvalue weighted by atomic mass is 10.1. The summed E-state index contributed by atoms with van der Waals surface area (Å²) in [5, 5.41) is 2.34. The number of para-hydroxylation sites is 1. The maximum atomic E-state index is 12.6.